The summed E-state index contributed by atoms with van der Waals surface area (Å²) in [5.74, 6) is -1.56. The Labute approximate surface area is 56.3 Å². The van der Waals surface area contributed by atoms with Gasteiger partial charge in [0.2, 0.25) is 5.82 Å². The van der Waals surface area contributed by atoms with Crippen LogP contribution in [0.3, 0.4) is 0 Å². The van der Waals surface area contributed by atoms with Crippen molar-refractivity contribution in [3.63, 3.8) is 0 Å². The van der Waals surface area contributed by atoms with Crippen molar-refractivity contribution in [3.8, 4) is 11.9 Å². The summed E-state index contributed by atoms with van der Waals surface area (Å²) in [7, 11) is 1.33. The number of rotatable bonds is 1. The Kier molecular flexibility index (Phi) is 1.66. The second kappa shape index (κ2) is 2.47. The highest BCUT2D eigenvalue weighted by Crippen LogP contribution is 2.12. The first-order chi connectivity index (χ1) is 4.74. The maximum absolute atomic E-state index is 12.2. The molecule has 10 heavy (non-hydrogen) atoms. The van der Waals surface area contributed by atoms with E-state index in [4.69, 9.17) is 5.11 Å². The van der Waals surface area contributed by atoms with Crippen LogP contribution in [0.15, 0.2) is 6.20 Å². The van der Waals surface area contributed by atoms with Gasteiger partial charge in [-0.1, -0.05) is 0 Å². The lowest BCUT2D eigenvalue weighted by Crippen LogP contribution is -1.92. The summed E-state index contributed by atoms with van der Waals surface area (Å²) < 4.78 is 16.7. The van der Waals surface area contributed by atoms with Crippen molar-refractivity contribution in [2.45, 2.75) is 0 Å². The SMILES string of the molecule is COc1ncc(F)c(O)n1. The molecule has 0 bridgehead atoms. The molecule has 0 atom stereocenters. The summed E-state index contributed by atoms with van der Waals surface area (Å²) in [5, 5.41) is 8.63. The van der Waals surface area contributed by atoms with Crippen molar-refractivity contribution in [3.05, 3.63) is 12.0 Å². The van der Waals surface area contributed by atoms with Crippen LogP contribution in [0, 0.1) is 5.82 Å². The Bertz CT molecular complexity index is 241. The Morgan fingerprint density at radius 1 is 1.70 bits per heavy atom. The minimum absolute atomic E-state index is 0.0566. The van der Waals surface area contributed by atoms with Crippen LogP contribution in [0.4, 0.5) is 4.39 Å². The topological polar surface area (TPSA) is 55.2 Å². The lowest BCUT2D eigenvalue weighted by atomic mass is 10.6. The molecule has 0 spiro atoms. The molecule has 4 nitrogen and oxygen atoms in total. The zero-order chi connectivity index (χ0) is 7.56. The van der Waals surface area contributed by atoms with Gasteiger partial charge < -0.3 is 9.84 Å². The second-order valence-electron chi connectivity index (χ2n) is 1.53. The maximum Gasteiger partial charge on any atom is 0.319 e. The minimum Gasteiger partial charge on any atom is -0.491 e. The van der Waals surface area contributed by atoms with Gasteiger partial charge >= 0.3 is 6.01 Å². The maximum atomic E-state index is 12.2. The highest BCUT2D eigenvalue weighted by molar-refractivity contribution is 5.11. The Morgan fingerprint density at radius 2 is 2.40 bits per heavy atom. The van der Waals surface area contributed by atoms with Gasteiger partial charge in [0.25, 0.3) is 5.88 Å². The van der Waals surface area contributed by atoms with E-state index in [2.05, 4.69) is 14.7 Å². The van der Waals surface area contributed by atoms with Crippen molar-refractivity contribution in [1.82, 2.24) is 9.97 Å². The molecule has 0 unspecified atom stereocenters. The van der Waals surface area contributed by atoms with Crippen molar-refractivity contribution in [1.29, 1.82) is 0 Å². The molecule has 1 aromatic rings. The smallest absolute Gasteiger partial charge is 0.319 e. The van der Waals surface area contributed by atoms with E-state index < -0.39 is 11.7 Å². The number of methoxy groups -OCH3 is 1. The molecule has 1 N–H and O–H groups in total. The Balaban J connectivity index is 3.04. The second-order valence-corrected chi connectivity index (χ2v) is 1.53. The first-order valence-electron chi connectivity index (χ1n) is 2.49. The zero-order valence-corrected chi connectivity index (χ0v) is 5.21. The molecule has 0 aliphatic carbocycles. The predicted molar refractivity (Wildman–Crippen MR) is 30.2 cm³/mol. The number of aromatic hydroxyl groups is 1. The molecule has 0 saturated carbocycles. The first-order valence-corrected chi connectivity index (χ1v) is 2.49. The zero-order valence-electron chi connectivity index (χ0n) is 5.21. The molecule has 1 rings (SSSR count). The number of hydrogen-bond donors (Lipinski definition) is 1. The van der Waals surface area contributed by atoms with Gasteiger partial charge in [-0.3, -0.25) is 0 Å². The summed E-state index contributed by atoms with van der Waals surface area (Å²) in [5.41, 5.74) is 0. The normalized spacial score (nSPS) is 9.40. The molecule has 0 aliphatic rings. The average Bonchev–Trinajstić information content (AvgIpc) is 1.95. The van der Waals surface area contributed by atoms with Crippen molar-refractivity contribution in [2.24, 2.45) is 0 Å². The summed E-state index contributed by atoms with van der Waals surface area (Å²) in [6, 6.07) is -0.0566. The van der Waals surface area contributed by atoms with Gasteiger partial charge in [-0.05, 0) is 0 Å². The molecule has 1 heterocycles. The number of hydrogen-bond acceptors (Lipinski definition) is 4. The molecule has 0 amide bonds. The number of aromatic nitrogens is 2. The lowest BCUT2D eigenvalue weighted by Gasteiger charge is -1.96. The van der Waals surface area contributed by atoms with Gasteiger partial charge in [0, 0.05) is 0 Å². The molecule has 0 aliphatic heterocycles. The monoisotopic (exact) mass is 144 g/mol. The molecule has 0 radical (unpaired) electrons. The fourth-order valence-corrected chi connectivity index (χ4v) is 0.441. The van der Waals surface area contributed by atoms with Gasteiger partial charge in [0.05, 0.1) is 13.3 Å². The summed E-state index contributed by atoms with van der Waals surface area (Å²) in [4.78, 5) is 6.63. The van der Waals surface area contributed by atoms with E-state index in [-0.39, 0.29) is 6.01 Å². The van der Waals surface area contributed by atoms with Gasteiger partial charge in [-0.25, -0.2) is 4.98 Å². The highest BCUT2D eigenvalue weighted by atomic mass is 19.1. The van der Waals surface area contributed by atoms with Crippen LogP contribution in [0.1, 0.15) is 0 Å². The van der Waals surface area contributed by atoms with Crippen LogP contribution < -0.4 is 4.74 Å². The van der Waals surface area contributed by atoms with Crippen LogP contribution in [0.2, 0.25) is 0 Å². The van der Waals surface area contributed by atoms with E-state index in [0.29, 0.717) is 0 Å². The van der Waals surface area contributed by atoms with Crippen LogP contribution in [0.25, 0.3) is 0 Å². The molecule has 0 saturated heterocycles. The quantitative estimate of drug-likeness (QED) is 0.617. The van der Waals surface area contributed by atoms with Crippen LogP contribution in [-0.4, -0.2) is 22.2 Å². The Hall–Kier alpha value is -1.39. The van der Waals surface area contributed by atoms with E-state index in [0.717, 1.165) is 6.20 Å². The fraction of sp³-hybridized carbons (Fsp3) is 0.200. The van der Waals surface area contributed by atoms with E-state index in [9.17, 15) is 4.39 Å². The number of halogens is 1. The van der Waals surface area contributed by atoms with Crippen molar-refractivity contribution >= 4 is 0 Å². The summed E-state index contributed by atoms with van der Waals surface area (Å²) in [6.45, 7) is 0. The predicted octanol–water partition coefficient (Wildman–Crippen LogP) is 0.330. The molecule has 54 valence electrons. The van der Waals surface area contributed by atoms with Gasteiger partial charge in [0.15, 0.2) is 0 Å². The summed E-state index contributed by atoms with van der Waals surface area (Å²) >= 11 is 0. The van der Waals surface area contributed by atoms with Gasteiger partial charge in [0.1, 0.15) is 0 Å². The number of nitrogens with zero attached hydrogens (tertiary/aromatic N) is 2. The average molecular weight is 144 g/mol. The van der Waals surface area contributed by atoms with E-state index in [1.54, 1.807) is 0 Å². The van der Waals surface area contributed by atoms with Crippen LogP contribution in [-0.2, 0) is 0 Å². The summed E-state index contributed by atoms with van der Waals surface area (Å²) in [6.07, 6.45) is 0.834. The third-order valence-corrected chi connectivity index (χ3v) is 0.886. The van der Waals surface area contributed by atoms with E-state index in [1.807, 2.05) is 0 Å². The van der Waals surface area contributed by atoms with E-state index in [1.165, 1.54) is 7.11 Å². The van der Waals surface area contributed by atoms with Gasteiger partial charge in [-0.15, -0.1) is 0 Å². The first kappa shape index (κ1) is 6.73. The molecular formula is C5H5FN2O2. The molecular weight excluding hydrogens is 139 g/mol. The van der Waals surface area contributed by atoms with E-state index >= 15 is 0 Å². The third-order valence-electron chi connectivity index (χ3n) is 0.886. The molecule has 0 aromatic carbocycles. The third kappa shape index (κ3) is 1.12. The molecule has 0 fully saturated rings. The lowest BCUT2D eigenvalue weighted by molar-refractivity contribution is 0.349. The standard InChI is InChI=1S/C5H5FN2O2/c1-10-5-7-2-3(6)4(9)8-5/h2H,1H3,(H,7,8,9). The minimum atomic E-state index is -0.860. The van der Waals surface area contributed by atoms with Crippen LogP contribution in [0.5, 0.6) is 11.9 Å². The van der Waals surface area contributed by atoms with Crippen LogP contribution >= 0.6 is 0 Å². The van der Waals surface area contributed by atoms with Crippen molar-refractivity contribution < 1.29 is 14.2 Å². The van der Waals surface area contributed by atoms with Gasteiger partial charge in [-0.2, -0.15) is 9.37 Å². The molecule has 1 aromatic heterocycles. The Morgan fingerprint density at radius 3 is 2.90 bits per heavy atom. The highest BCUT2D eigenvalue weighted by Gasteiger charge is 2.03. The fourth-order valence-electron chi connectivity index (χ4n) is 0.441. The molecule has 5 heteroatoms. The number of ether oxygens (including phenoxy) is 1. The largest absolute Gasteiger partial charge is 0.491 e. The van der Waals surface area contributed by atoms with Crippen molar-refractivity contribution in [2.75, 3.05) is 7.11 Å².